The number of pyridine rings is 1. The third-order valence-corrected chi connectivity index (χ3v) is 3.56. The Labute approximate surface area is 138 Å². The van der Waals surface area contributed by atoms with Crippen LogP contribution in [-0.2, 0) is 0 Å². The molecule has 2 aromatic heterocycles. The van der Waals surface area contributed by atoms with Gasteiger partial charge in [0.15, 0.2) is 0 Å². The van der Waals surface area contributed by atoms with E-state index in [-0.39, 0.29) is 17.8 Å². The number of carbonyl (C=O) groups excluding carboxylic acids is 1. The summed E-state index contributed by atoms with van der Waals surface area (Å²) in [4.78, 5) is 24.5. The van der Waals surface area contributed by atoms with Crippen molar-refractivity contribution in [2.45, 2.75) is 13.0 Å². The first-order chi connectivity index (χ1) is 11.6. The van der Waals surface area contributed by atoms with Crippen molar-refractivity contribution in [1.82, 2.24) is 20.3 Å². The van der Waals surface area contributed by atoms with Crippen LogP contribution in [0.15, 0.2) is 61.2 Å². The highest BCUT2D eigenvalue weighted by Gasteiger charge is 2.13. The van der Waals surface area contributed by atoms with E-state index < -0.39 is 0 Å². The summed E-state index contributed by atoms with van der Waals surface area (Å²) in [6, 6.07) is 11.0. The van der Waals surface area contributed by atoms with E-state index in [9.17, 15) is 9.18 Å². The molecule has 0 bridgehead atoms. The highest BCUT2D eigenvalue weighted by atomic mass is 19.1. The van der Waals surface area contributed by atoms with Crippen LogP contribution in [0.5, 0.6) is 0 Å². The molecule has 6 heteroatoms. The predicted molar refractivity (Wildman–Crippen MR) is 87.5 cm³/mol. The molecular formula is C18H15FN4O. The van der Waals surface area contributed by atoms with E-state index in [1.165, 1.54) is 24.7 Å². The number of aromatic nitrogens is 3. The fraction of sp³-hybridized carbons (Fsp3) is 0.111. The molecule has 5 nitrogen and oxygen atoms in total. The summed E-state index contributed by atoms with van der Waals surface area (Å²) in [6.45, 7) is 1.85. The lowest BCUT2D eigenvalue weighted by Crippen LogP contribution is -2.27. The largest absolute Gasteiger partial charge is 0.344 e. The zero-order chi connectivity index (χ0) is 16.9. The Hall–Kier alpha value is -3.15. The third-order valence-electron chi connectivity index (χ3n) is 3.56. The number of hydrogen-bond donors (Lipinski definition) is 1. The Morgan fingerprint density at radius 1 is 1.08 bits per heavy atom. The van der Waals surface area contributed by atoms with Gasteiger partial charge in [0.2, 0.25) is 0 Å². The van der Waals surface area contributed by atoms with Gasteiger partial charge in [-0.05, 0) is 49.4 Å². The van der Waals surface area contributed by atoms with Crippen LogP contribution in [0.3, 0.4) is 0 Å². The molecule has 0 saturated heterocycles. The van der Waals surface area contributed by atoms with Crippen LogP contribution < -0.4 is 5.32 Å². The highest BCUT2D eigenvalue weighted by Crippen LogP contribution is 2.17. The fourth-order valence-electron chi connectivity index (χ4n) is 2.23. The maximum Gasteiger partial charge on any atom is 0.253 e. The van der Waals surface area contributed by atoms with Gasteiger partial charge in [0.05, 0.1) is 23.0 Å². The number of benzene rings is 1. The van der Waals surface area contributed by atoms with E-state index in [4.69, 9.17) is 0 Å². The lowest BCUT2D eigenvalue weighted by Gasteiger charge is -2.13. The molecule has 1 unspecified atom stereocenters. The predicted octanol–water partition coefficient (Wildman–Crippen LogP) is 3.17. The number of hydrogen-bond acceptors (Lipinski definition) is 4. The molecule has 1 N–H and O–H groups in total. The van der Waals surface area contributed by atoms with Crippen LogP contribution >= 0.6 is 0 Å². The molecule has 2 heterocycles. The average molecular weight is 322 g/mol. The number of halogens is 1. The summed E-state index contributed by atoms with van der Waals surface area (Å²) < 4.78 is 13.0. The van der Waals surface area contributed by atoms with Gasteiger partial charge in [-0.2, -0.15) is 0 Å². The van der Waals surface area contributed by atoms with Crippen molar-refractivity contribution in [3.05, 3.63) is 78.3 Å². The summed E-state index contributed by atoms with van der Waals surface area (Å²) in [7, 11) is 0. The molecule has 24 heavy (non-hydrogen) atoms. The molecule has 0 fully saturated rings. The van der Waals surface area contributed by atoms with Gasteiger partial charge < -0.3 is 5.32 Å². The van der Waals surface area contributed by atoms with Crippen LogP contribution in [0.2, 0.25) is 0 Å². The Morgan fingerprint density at radius 3 is 2.50 bits per heavy atom. The van der Waals surface area contributed by atoms with Crippen LogP contribution in [0.1, 0.15) is 29.0 Å². The van der Waals surface area contributed by atoms with Crippen molar-refractivity contribution >= 4 is 5.91 Å². The Morgan fingerprint density at radius 2 is 1.88 bits per heavy atom. The maximum atomic E-state index is 13.0. The van der Waals surface area contributed by atoms with Gasteiger partial charge in [-0.3, -0.25) is 9.78 Å². The normalized spacial score (nSPS) is 11.8. The first-order valence-electron chi connectivity index (χ1n) is 7.42. The minimum absolute atomic E-state index is 0.237. The molecule has 3 aromatic rings. The van der Waals surface area contributed by atoms with Crippen molar-refractivity contribution in [2.24, 2.45) is 0 Å². The second kappa shape index (κ2) is 6.95. The first kappa shape index (κ1) is 15.7. The maximum absolute atomic E-state index is 13.0. The van der Waals surface area contributed by atoms with E-state index in [0.717, 1.165) is 11.3 Å². The van der Waals surface area contributed by atoms with Crippen molar-refractivity contribution < 1.29 is 9.18 Å². The molecule has 0 aliphatic carbocycles. The van der Waals surface area contributed by atoms with Crippen LogP contribution in [0.25, 0.3) is 11.3 Å². The SMILES string of the molecule is CC(NC(=O)c1ccc(-c2ccc(F)cc2)nc1)c1ccncn1. The van der Waals surface area contributed by atoms with Crippen molar-refractivity contribution in [2.75, 3.05) is 0 Å². The number of nitrogens with one attached hydrogen (secondary N) is 1. The first-order valence-corrected chi connectivity index (χ1v) is 7.42. The minimum Gasteiger partial charge on any atom is -0.344 e. The molecule has 3 rings (SSSR count). The van der Waals surface area contributed by atoms with E-state index in [1.807, 2.05) is 6.92 Å². The Balaban J connectivity index is 1.71. The van der Waals surface area contributed by atoms with Crippen LogP contribution in [0.4, 0.5) is 4.39 Å². The molecule has 0 saturated carbocycles. The van der Waals surface area contributed by atoms with Gasteiger partial charge >= 0.3 is 0 Å². The van der Waals surface area contributed by atoms with Gasteiger partial charge in [-0.15, -0.1) is 0 Å². The van der Waals surface area contributed by atoms with E-state index in [1.54, 1.807) is 36.5 Å². The molecule has 0 radical (unpaired) electrons. The standard InChI is InChI=1S/C18H15FN4O/c1-12(16-8-9-20-11-22-16)23-18(24)14-4-7-17(21-10-14)13-2-5-15(19)6-3-13/h2-12H,1H3,(H,23,24). The van der Waals surface area contributed by atoms with Gasteiger partial charge in [-0.1, -0.05) is 0 Å². The molecule has 0 aliphatic heterocycles. The van der Waals surface area contributed by atoms with Crippen molar-refractivity contribution in [3.8, 4) is 11.3 Å². The monoisotopic (exact) mass is 322 g/mol. The van der Waals surface area contributed by atoms with Gasteiger partial charge in [-0.25, -0.2) is 14.4 Å². The number of carbonyl (C=O) groups is 1. The third kappa shape index (κ3) is 3.60. The summed E-state index contributed by atoms with van der Waals surface area (Å²) in [5.74, 6) is -0.535. The van der Waals surface area contributed by atoms with Crippen LogP contribution in [0, 0.1) is 5.82 Å². The number of amides is 1. The summed E-state index contributed by atoms with van der Waals surface area (Å²) >= 11 is 0. The topological polar surface area (TPSA) is 67.8 Å². The molecule has 120 valence electrons. The zero-order valence-electron chi connectivity index (χ0n) is 13.0. The molecule has 0 aliphatic rings. The highest BCUT2D eigenvalue weighted by molar-refractivity contribution is 5.94. The molecule has 1 aromatic carbocycles. The second-order valence-electron chi connectivity index (χ2n) is 5.27. The lowest BCUT2D eigenvalue weighted by atomic mass is 10.1. The summed E-state index contributed by atoms with van der Waals surface area (Å²) in [6.07, 6.45) is 4.57. The van der Waals surface area contributed by atoms with Crippen LogP contribution in [-0.4, -0.2) is 20.9 Å². The summed E-state index contributed by atoms with van der Waals surface area (Å²) in [5.41, 5.74) is 2.64. The Bertz CT molecular complexity index is 820. The average Bonchev–Trinajstić information content (AvgIpc) is 2.63. The van der Waals surface area contributed by atoms with Crippen molar-refractivity contribution in [3.63, 3.8) is 0 Å². The number of rotatable bonds is 4. The van der Waals surface area contributed by atoms with E-state index in [0.29, 0.717) is 11.3 Å². The van der Waals surface area contributed by atoms with Gasteiger partial charge in [0.1, 0.15) is 12.1 Å². The second-order valence-corrected chi connectivity index (χ2v) is 5.27. The lowest BCUT2D eigenvalue weighted by molar-refractivity contribution is 0.0938. The van der Waals surface area contributed by atoms with E-state index >= 15 is 0 Å². The molecular weight excluding hydrogens is 307 g/mol. The summed E-state index contributed by atoms with van der Waals surface area (Å²) in [5, 5.41) is 2.86. The molecule has 0 spiro atoms. The minimum atomic E-state index is -0.298. The fourth-order valence-corrected chi connectivity index (χ4v) is 2.23. The Kier molecular flexibility index (Phi) is 4.56. The van der Waals surface area contributed by atoms with E-state index in [2.05, 4.69) is 20.3 Å². The molecule has 1 amide bonds. The van der Waals surface area contributed by atoms with Crippen molar-refractivity contribution in [1.29, 1.82) is 0 Å². The van der Waals surface area contributed by atoms with Gasteiger partial charge in [0, 0.05) is 18.0 Å². The van der Waals surface area contributed by atoms with Gasteiger partial charge in [0.25, 0.3) is 5.91 Å². The number of nitrogens with zero attached hydrogens (tertiary/aromatic N) is 3. The quantitative estimate of drug-likeness (QED) is 0.801. The smallest absolute Gasteiger partial charge is 0.253 e. The molecule has 1 atom stereocenters. The zero-order valence-corrected chi connectivity index (χ0v) is 13.0.